The van der Waals surface area contributed by atoms with Crippen LogP contribution in [0.3, 0.4) is 0 Å². The van der Waals surface area contributed by atoms with Gasteiger partial charge < -0.3 is 10.8 Å². The number of benzene rings is 1. The second-order valence-corrected chi connectivity index (χ2v) is 3.92. The molecule has 2 rings (SSSR count). The van der Waals surface area contributed by atoms with Gasteiger partial charge in [-0.25, -0.2) is 0 Å². The molecule has 70 valence electrons. The van der Waals surface area contributed by atoms with Gasteiger partial charge in [-0.15, -0.1) is 0 Å². The highest BCUT2D eigenvalue weighted by Gasteiger charge is 2.29. The average Bonchev–Trinajstić information content (AvgIpc) is 2.44. The number of nitrogens with two attached hydrogens (primary N) is 1. The molecule has 0 heterocycles. The maximum Gasteiger partial charge on any atom is 0.0836 e. The second kappa shape index (κ2) is 3.29. The van der Waals surface area contributed by atoms with Gasteiger partial charge in [-0.05, 0) is 36.2 Å². The van der Waals surface area contributed by atoms with Crippen molar-refractivity contribution in [1.82, 2.24) is 0 Å². The standard InChI is InChI=1S/C10H12ClNO/c11-8-2-1-6-3-7(5-12)10(13)9(6)4-8/h1-2,4,7,10,13H,3,5,12H2. The first-order valence-electron chi connectivity index (χ1n) is 4.39. The van der Waals surface area contributed by atoms with Crippen LogP contribution in [0, 0.1) is 5.92 Å². The van der Waals surface area contributed by atoms with Crippen molar-refractivity contribution in [3.8, 4) is 0 Å². The van der Waals surface area contributed by atoms with Crippen LogP contribution in [-0.2, 0) is 6.42 Å². The number of fused-ring (bicyclic) bond motifs is 1. The molecule has 2 unspecified atom stereocenters. The molecule has 0 spiro atoms. The van der Waals surface area contributed by atoms with Crippen LogP contribution in [-0.4, -0.2) is 11.7 Å². The zero-order valence-electron chi connectivity index (χ0n) is 7.20. The van der Waals surface area contributed by atoms with Crippen LogP contribution in [0.1, 0.15) is 17.2 Å². The third-order valence-corrected chi connectivity index (χ3v) is 2.89. The minimum Gasteiger partial charge on any atom is -0.388 e. The van der Waals surface area contributed by atoms with Gasteiger partial charge in [-0.1, -0.05) is 17.7 Å². The lowest BCUT2D eigenvalue weighted by Gasteiger charge is -2.11. The molecule has 0 saturated carbocycles. The Labute approximate surface area is 82.3 Å². The van der Waals surface area contributed by atoms with E-state index in [2.05, 4.69) is 0 Å². The Hall–Kier alpha value is -0.570. The molecule has 0 radical (unpaired) electrons. The molecule has 3 N–H and O–H groups in total. The molecular formula is C10H12ClNO. The molecule has 3 heteroatoms. The molecule has 1 aromatic rings. The van der Waals surface area contributed by atoms with Crippen molar-refractivity contribution in [2.75, 3.05) is 6.54 Å². The van der Waals surface area contributed by atoms with E-state index >= 15 is 0 Å². The van der Waals surface area contributed by atoms with Crippen LogP contribution >= 0.6 is 11.6 Å². The van der Waals surface area contributed by atoms with Gasteiger partial charge in [0.25, 0.3) is 0 Å². The van der Waals surface area contributed by atoms with E-state index in [4.69, 9.17) is 17.3 Å². The van der Waals surface area contributed by atoms with Crippen molar-refractivity contribution in [3.05, 3.63) is 34.3 Å². The molecule has 0 amide bonds. The molecule has 0 saturated heterocycles. The van der Waals surface area contributed by atoms with E-state index in [1.54, 1.807) is 0 Å². The van der Waals surface area contributed by atoms with Crippen LogP contribution in [0.2, 0.25) is 5.02 Å². The molecule has 1 aromatic carbocycles. The predicted octanol–water partition coefficient (Wildman–Crippen LogP) is 1.50. The second-order valence-electron chi connectivity index (χ2n) is 3.49. The van der Waals surface area contributed by atoms with Crippen molar-refractivity contribution < 1.29 is 5.11 Å². The van der Waals surface area contributed by atoms with Gasteiger partial charge >= 0.3 is 0 Å². The maximum atomic E-state index is 9.83. The van der Waals surface area contributed by atoms with E-state index in [-0.39, 0.29) is 5.92 Å². The number of hydrogen-bond acceptors (Lipinski definition) is 2. The topological polar surface area (TPSA) is 46.2 Å². The smallest absolute Gasteiger partial charge is 0.0836 e. The van der Waals surface area contributed by atoms with Crippen molar-refractivity contribution in [2.24, 2.45) is 11.7 Å². The fourth-order valence-corrected chi connectivity index (χ4v) is 2.07. The van der Waals surface area contributed by atoms with Crippen LogP contribution in [0.4, 0.5) is 0 Å². The largest absolute Gasteiger partial charge is 0.388 e. The van der Waals surface area contributed by atoms with E-state index < -0.39 is 6.10 Å². The highest BCUT2D eigenvalue weighted by Crippen LogP contribution is 2.36. The van der Waals surface area contributed by atoms with Crippen LogP contribution in [0.5, 0.6) is 0 Å². The Morgan fingerprint density at radius 1 is 1.54 bits per heavy atom. The van der Waals surface area contributed by atoms with E-state index in [1.165, 1.54) is 5.56 Å². The molecule has 1 aliphatic rings. The van der Waals surface area contributed by atoms with Gasteiger partial charge in [-0.2, -0.15) is 0 Å². The van der Waals surface area contributed by atoms with Gasteiger partial charge in [-0.3, -0.25) is 0 Å². The summed E-state index contributed by atoms with van der Waals surface area (Å²) in [5, 5.41) is 10.5. The van der Waals surface area contributed by atoms with Gasteiger partial charge in [0.1, 0.15) is 0 Å². The number of hydrogen-bond donors (Lipinski definition) is 2. The van der Waals surface area contributed by atoms with Crippen LogP contribution in [0.15, 0.2) is 18.2 Å². The molecular weight excluding hydrogens is 186 g/mol. The van der Waals surface area contributed by atoms with Gasteiger partial charge in [0.2, 0.25) is 0 Å². The lowest BCUT2D eigenvalue weighted by Crippen LogP contribution is -2.18. The summed E-state index contributed by atoms with van der Waals surface area (Å²) >= 11 is 5.84. The fraction of sp³-hybridized carbons (Fsp3) is 0.400. The summed E-state index contributed by atoms with van der Waals surface area (Å²) in [5.74, 6) is 0.161. The molecule has 0 bridgehead atoms. The first-order valence-corrected chi connectivity index (χ1v) is 4.76. The summed E-state index contributed by atoms with van der Waals surface area (Å²) in [5.41, 5.74) is 7.67. The highest BCUT2D eigenvalue weighted by atomic mass is 35.5. The first-order chi connectivity index (χ1) is 6.22. The Balaban J connectivity index is 2.39. The monoisotopic (exact) mass is 197 g/mol. The predicted molar refractivity (Wildman–Crippen MR) is 52.7 cm³/mol. The third-order valence-electron chi connectivity index (χ3n) is 2.66. The number of aliphatic hydroxyl groups is 1. The SMILES string of the molecule is NCC1Cc2ccc(Cl)cc2C1O. The highest BCUT2D eigenvalue weighted by molar-refractivity contribution is 6.30. The molecule has 2 nitrogen and oxygen atoms in total. The van der Waals surface area contributed by atoms with E-state index in [9.17, 15) is 5.11 Å². The zero-order chi connectivity index (χ0) is 9.42. The fourth-order valence-electron chi connectivity index (χ4n) is 1.89. The Morgan fingerprint density at radius 2 is 2.31 bits per heavy atom. The Bertz CT molecular complexity index is 327. The normalized spacial score (nSPS) is 26.1. The summed E-state index contributed by atoms with van der Waals surface area (Å²) in [6.07, 6.45) is 0.433. The summed E-state index contributed by atoms with van der Waals surface area (Å²) in [6, 6.07) is 5.65. The van der Waals surface area contributed by atoms with Crippen molar-refractivity contribution in [3.63, 3.8) is 0 Å². The molecule has 13 heavy (non-hydrogen) atoms. The Kier molecular flexibility index (Phi) is 2.28. The van der Waals surface area contributed by atoms with Crippen LogP contribution < -0.4 is 5.73 Å². The Morgan fingerprint density at radius 3 is 3.00 bits per heavy atom. The summed E-state index contributed by atoms with van der Waals surface area (Å²) in [7, 11) is 0. The van der Waals surface area contributed by atoms with Crippen molar-refractivity contribution in [1.29, 1.82) is 0 Å². The minimum atomic E-state index is -0.432. The molecule has 0 aromatic heterocycles. The zero-order valence-corrected chi connectivity index (χ0v) is 7.96. The summed E-state index contributed by atoms with van der Waals surface area (Å²) < 4.78 is 0. The number of rotatable bonds is 1. The molecule has 1 aliphatic carbocycles. The van der Waals surface area contributed by atoms with Gasteiger partial charge in [0.15, 0.2) is 0 Å². The summed E-state index contributed by atoms with van der Waals surface area (Å²) in [6.45, 7) is 0.521. The lowest BCUT2D eigenvalue weighted by atomic mass is 10.0. The number of aliphatic hydroxyl groups excluding tert-OH is 1. The summed E-state index contributed by atoms with van der Waals surface area (Å²) in [4.78, 5) is 0. The molecule has 2 atom stereocenters. The number of halogens is 1. The lowest BCUT2D eigenvalue weighted by molar-refractivity contribution is 0.127. The molecule has 0 aliphatic heterocycles. The van der Waals surface area contributed by atoms with E-state index in [0.717, 1.165) is 12.0 Å². The van der Waals surface area contributed by atoms with E-state index in [0.29, 0.717) is 11.6 Å². The first kappa shape index (κ1) is 9.00. The van der Waals surface area contributed by atoms with E-state index in [1.807, 2.05) is 18.2 Å². The van der Waals surface area contributed by atoms with Crippen LogP contribution in [0.25, 0.3) is 0 Å². The van der Waals surface area contributed by atoms with Gasteiger partial charge in [0.05, 0.1) is 6.10 Å². The van der Waals surface area contributed by atoms with Crippen molar-refractivity contribution >= 4 is 11.6 Å². The maximum absolute atomic E-state index is 9.83. The third kappa shape index (κ3) is 1.46. The average molecular weight is 198 g/mol. The minimum absolute atomic E-state index is 0.161. The molecule has 0 fully saturated rings. The van der Waals surface area contributed by atoms with Crippen molar-refractivity contribution in [2.45, 2.75) is 12.5 Å². The quantitative estimate of drug-likeness (QED) is 0.717. The van der Waals surface area contributed by atoms with Gasteiger partial charge in [0, 0.05) is 10.9 Å².